The molecule has 1 aromatic heterocycles. The summed E-state index contributed by atoms with van der Waals surface area (Å²) in [6.45, 7) is 4.74. The molecule has 1 N–H and O–H groups in total. The van der Waals surface area contributed by atoms with Gasteiger partial charge in [-0.1, -0.05) is 64.6 Å². The van der Waals surface area contributed by atoms with Gasteiger partial charge >= 0.3 is 0 Å². The number of nitrogens with one attached hydrogen (secondary N) is 1. The number of amides is 1. The molecule has 0 saturated carbocycles. The average Bonchev–Trinajstić information content (AvgIpc) is 3.31. The molecule has 0 spiro atoms. The number of H-pyrrole nitrogens is 1. The second kappa shape index (κ2) is 11.0. The Bertz CT molecular complexity index is 1410. The third-order valence-electron chi connectivity index (χ3n) is 6.36. The molecule has 8 heteroatoms. The van der Waals surface area contributed by atoms with Crippen LogP contribution in [0.4, 0.5) is 0 Å². The first-order valence-electron chi connectivity index (χ1n) is 11.4. The molecule has 4 nitrogen and oxygen atoms in total. The highest BCUT2D eigenvalue weighted by molar-refractivity contribution is 6.42. The Morgan fingerprint density at radius 1 is 0.917 bits per heavy atom. The number of rotatable bonds is 8. The monoisotopic (exact) mass is 562 g/mol. The molecule has 188 valence electrons. The van der Waals surface area contributed by atoms with Crippen LogP contribution >= 0.6 is 46.4 Å². The molecular formula is C28H26Cl4N2O2. The molecule has 0 atom stereocenters. The Morgan fingerprint density at radius 2 is 1.64 bits per heavy atom. The molecule has 36 heavy (non-hydrogen) atoms. The van der Waals surface area contributed by atoms with Gasteiger partial charge in [0, 0.05) is 47.4 Å². The van der Waals surface area contributed by atoms with Crippen LogP contribution in [-0.4, -0.2) is 29.4 Å². The summed E-state index contributed by atoms with van der Waals surface area (Å²) in [5, 5.41) is 2.95. The van der Waals surface area contributed by atoms with Gasteiger partial charge in [0.15, 0.2) is 0 Å². The molecule has 4 rings (SSSR count). The SMILES string of the molecule is COC(C)(C)c1ccc(CN(CCc2ccc(Cl)c(Cl)c2)C(=O)c2cc(Cl)cc3cc[nH]c23)cc1Cl. The minimum Gasteiger partial charge on any atom is -0.374 e. The standard InChI is InChI=1S/C28H26Cl4N2O2/c1-28(2,36-3)22-6-4-18(13-24(22)31)16-34(11-9-17-5-7-23(30)25(32)12-17)27(35)21-15-20(29)14-19-8-10-33-26(19)21/h4-8,10,12-15,33H,9,11,16H2,1-3H3. The van der Waals surface area contributed by atoms with E-state index in [4.69, 9.17) is 51.1 Å². The number of methoxy groups -OCH3 is 1. The fourth-order valence-corrected chi connectivity index (χ4v) is 5.14. The molecule has 0 unspecified atom stereocenters. The van der Waals surface area contributed by atoms with E-state index >= 15 is 0 Å². The van der Waals surface area contributed by atoms with Gasteiger partial charge in [0.25, 0.3) is 5.91 Å². The van der Waals surface area contributed by atoms with Crippen molar-refractivity contribution >= 4 is 63.2 Å². The van der Waals surface area contributed by atoms with Gasteiger partial charge in [0.2, 0.25) is 0 Å². The average molecular weight is 564 g/mol. The number of benzene rings is 3. The topological polar surface area (TPSA) is 45.3 Å². The van der Waals surface area contributed by atoms with Crippen LogP contribution in [0.2, 0.25) is 20.1 Å². The maximum atomic E-state index is 13.9. The van der Waals surface area contributed by atoms with Gasteiger partial charge in [-0.3, -0.25) is 4.79 Å². The van der Waals surface area contributed by atoms with Crippen molar-refractivity contribution in [2.24, 2.45) is 0 Å². The minimum atomic E-state index is -0.529. The highest BCUT2D eigenvalue weighted by Gasteiger charge is 2.24. The van der Waals surface area contributed by atoms with Crippen LogP contribution in [-0.2, 0) is 23.3 Å². The predicted octanol–water partition coefficient (Wildman–Crippen LogP) is 8.55. The lowest BCUT2D eigenvalue weighted by molar-refractivity contribution is 0.0193. The van der Waals surface area contributed by atoms with Crippen molar-refractivity contribution in [3.63, 3.8) is 0 Å². The quantitative estimate of drug-likeness (QED) is 0.233. The van der Waals surface area contributed by atoms with E-state index in [0.29, 0.717) is 45.2 Å². The molecule has 1 amide bonds. The summed E-state index contributed by atoms with van der Waals surface area (Å²) in [7, 11) is 1.65. The number of halogens is 4. The van der Waals surface area contributed by atoms with E-state index in [1.807, 2.05) is 56.3 Å². The van der Waals surface area contributed by atoms with Crippen molar-refractivity contribution < 1.29 is 9.53 Å². The third-order valence-corrected chi connectivity index (χ3v) is 7.63. The predicted molar refractivity (Wildman–Crippen MR) is 150 cm³/mol. The molecular weight excluding hydrogens is 538 g/mol. The summed E-state index contributed by atoms with van der Waals surface area (Å²) in [5.74, 6) is -0.137. The number of aromatic amines is 1. The second-order valence-corrected chi connectivity index (χ2v) is 10.8. The van der Waals surface area contributed by atoms with Crippen molar-refractivity contribution in [3.05, 3.63) is 103 Å². The number of fused-ring (bicyclic) bond motifs is 1. The largest absolute Gasteiger partial charge is 0.374 e. The van der Waals surface area contributed by atoms with Crippen molar-refractivity contribution in [1.29, 1.82) is 0 Å². The van der Waals surface area contributed by atoms with Gasteiger partial charge in [0.1, 0.15) is 0 Å². The van der Waals surface area contributed by atoms with Gasteiger partial charge in [-0.05, 0) is 67.8 Å². The highest BCUT2D eigenvalue weighted by Crippen LogP contribution is 2.32. The van der Waals surface area contributed by atoms with Crippen molar-refractivity contribution in [2.45, 2.75) is 32.4 Å². The first-order chi connectivity index (χ1) is 17.1. The molecule has 3 aromatic carbocycles. The lowest BCUT2D eigenvalue weighted by Gasteiger charge is -2.27. The number of aromatic nitrogens is 1. The number of hydrogen-bond acceptors (Lipinski definition) is 2. The summed E-state index contributed by atoms with van der Waals surface area (Å²) in [6.07, 6.45) is 2.40. The normalized spacial score (nSPS) is 11.8. The minimum absolute atomic E-state index is 0.137. The third kappa shape index (κ3) is 5.85. The van der Waals surface area contributed by atoms with E-state index in [0.717, 1.165) is 27.6 Å². The second-order valence-electron chi connectivity index (χ2n) is 9.15. The van der Waals surface area contributed by atoms with E-state index in [9.17, 15) is 4.79 Å². The Labute approximate surface area is 231 Å². The molecule has 0 bridgehead atoms. The van der Waals surface area contributed by atoms with Crippen LogP contribution in [0.1, 0.15) is 40.9 Å². The Hall–Kier alpha value is -2.21. The van der Waals surface area contributed by atoms with Crippen molar-refractivity contribution in [1.82, 2.24) is 9.88 Å². The molecule has 0 fully saturated rings. The van der Waals surface area contributed by atoms with Crippen molar-refractivity contribution in [2.75, 3.05) is 13.7 Å². The van der Waals surface area contributed by atoms with Crippen molar-refractivity contribution in [3.8, 4) is 0 Å². The zero-order valence-corrected chi connectivity index (χ0v) is 23.2. The Kier molecular flexibility index (Phi) is 8.23. The van der Waals surface area contributed by atoms with Crippen LogP contribution < -0.4 is 0 Å². The summed E-state index contributed by atoms with van der Waals surface area (Å²) in [5.41, 5.74) is 3.50. The van der Waals surface area contributed by atoms with E-state index in [1.165, 1.54) is 0 Å². The summed E-state index contributed by atoms with van der Waals surface area (Å²) >= 11 is 25.3. The van der Waals surface area contributed by atoms with Crippen LogP contribution in [0, 0.1) is 0 Å². The zero-order chi connectivity index (χ0) is 26.0. The first kappa shape index (κ1) is 26.8. The molecule has 0 radical (unpaired) electrons. The maximum Gasteiger partial charge on any atom is 0.256 e. The number of hydrogen-bond donors (Lipinski definition) is 1. The molecule has 4 aromatic rings. The van der Waals surface area contributed by atoms with E-state index in [1.54, 1.807) is 30.3 Å². The van der Waals surface area contributed by atoms with E-state index in [2.05, 4.69) is 4.98 Å². The van der Waals surface area contributed by atoms with Gasteiger partial charge < -0.3 is 14.6 Å². The smallest absolute Gasteiger partial charge is 0.256 e. The fraction of sp³-hybridized carbons (Fsp3) is 0.250. The number of ether oxygens (including phenoxy) is 1. The van der Waals surface area contributed by atoms with Crippen LogP contribution in [0.5, 0.6) is 0 Å². The maximum absolute atomic E-state index is 13.9. The Morgan fingerprint density at radius 3 is 2.33 bits per heavy atom. The van der Waals surface area contributed by atoms with Crippen LogP contribution in [0.3, 0.4) is 0 Å². The van der Waals surface area contributed by atoms with Gasteiger partial charge in [0.05, 0.1) is 26.7 Å². The summed E-state index contributed by atoms with van der Waals surface area (Å²) in [4.78, 5) is 18.8. The number of nitrogens with zero attached hydrogens (tertiary/aromatic N) is 1. The van der Waals surface area contributed by atoms with Gasteiger partial charge in [-0.15, -0.1) is 0 Å². The van der Waals surface area contributed by atoms with Gasteiger partial charge in [-0.2, -0.15) is 0 Å². The fourth-order valence-electron chi connectivity index (χ4n) is 4.16. The molecule has 1 heterocycles. The number of carbonyl (C=O) groups excluding carboxylic acids is 1. The lowest BCUT2D eigenvalue weighted by atomic mass is 9.96. The number of carbonyl (C=O) groups is 1. The summed E-state index contributed by atoms with van der Waals surface area (Å²) in [6, 6.07) is 16.8. The lowest BCUT2D eigenvalue weighted by Crippen LogP contribution is -2.33. The van der Waals surface area contributed by atoms with E-state index < -0.39 is 5.60 Å². The first-order valence-corrected chi connectivity index (χ1v) is 12.9. The van der Waals surface area contributed by atoms with Crippen LogP contribution in [0.15, 0.2) is 60.8 Å². The van der Waals surface area contributed by atoms with Gasteiger partial charge in [-0.25, -0.2) is 0 Å². The Balaban J connectivity index is 1.67. The zero-order valence-electron chi connectivity index (χ0n) is 20.2. The molecule has 0 aliphatic rings. The molecule has 0 saturated heterocycles. The van der Waals surface area contributed by atoms with E-state index in [-0.39, 0.29) is 5.91 Å². The molecule has 0 aliphatic carbocycles. The highest BCUT2D eigenvalue weighted by atomic mass is 35.5. The summed E-state index contributed by atoms with van der Waals surface area (Å²) < 4.78 is 5.59. The molecule has 0 aliphatic heterocycles. The van der Waals surface area contributed by atoms with Crippen LogP contribution in [0.25, 0.3) is 10.9 Å².